The normalized spacial score (nSPS) is 15.9. The molecule has 6 nitrogen and oxygen atoms in total. The first kappa shape index (κ1) is 17.8. The molecule has 25 heavy (non-hydrogen) atoms. The molecular weight excluding hydrogens is 336 g/mol. The van der Waals surface area contributed by atoms with Gasteiger partial charge < -0.3 is 4.74 Å². The first-order chi connectivity index (χ1) is 12.2. The van der Waals surface area contributed by atoms with E-state index in [9.17, 15) is 4.79 Å². The Bertz CT molecular complexity index is 711. The van der Waals surface area contributed by atoms with E-state index in [0.29, 0.717) is 23.2 Å². The Morgan fingerprint density at radius 1 is 1.44 bits per heavy atom. The SMILES string of the molecule is CCOc1ncccc1C(=O)Nc1nc(CN2CCC(C)CC2)cs1. The average molecular weight is 360 g/mol. The lowest BCUT2D eigenvalue weighted by Gasteiger charge is -2.29. The van der Waals surface area contributed by atoms with E-state index in [0.717, 1.165) is 31.2 Å². The van der Waals surface area contributed by atoms with Crippen molar-refractivity contribution in [3.05, 3.63) is 35.0 Å². The molecule has 1 amide bonds. The second-order valence-corrected chi connectivity index (χ2v) is 7.20. The van der Waals surface area contributed by atoms with E-state index in [1.807, 2.05) is 12.3 Å². The molecule has 1 aliphatic rings. The quantitative estimate of drug-likeness (QED) is 0.855. The highest BCUT2D eigenvalue weighted by molar-refractivity contribution is 7.14. The maximum atomic E-state index is 12.5. The molecule has 7 heteroatoms. The summed E-state index contributed by atoms with van der Waals surface area (Å²) in [5, 5.41) is 5.47. The standard InChI is InChI=1S/C18H24N4O2S/c1-3-24-17-15(5-4-8-19-17)16(23)21-18-20-14(12-25-18)11-22-9-6-13(2)7-10-22/h4-5,8,12-13H,3,6-7,9-11H2,1-2H3,(H,20,21,23). The molecule has 0 bridgehead atoms. The van der Waals surface area contributed by atoms with E-state index in [2.05, 4.69) is 27.1 Å². The highest BCUT2D eigenvalue weighted by Crippen LogP contribution is 2.22. The maximum Gasteiger partial charge on any atom is 0.262 e. The third kappa shape index (κ3) is 4.76. The number of nitrogens with one attached hydrogen (secondary N) is 1. The zero-order valence-corrected chi connectivity index (χ0v) is 15.5. The molecule has 1 fully saturated rings. The van der Waals surface area contributed by atoms with Crippen molar-refractivity contribution in [2.75, 3.05) is 25.0 Å². The van der Waals surface area contributed by atoms with Crippen LogP contribution in [0, 0.1) is 5.92 Å². The largest absolute Gasteiger partial charge is 0.477 e. The van der Waals surface area contributed by atoms with Gasteiger partial charge in [-0.25, -0.2) is 9.97 Å². The number of rotatable bonds is 6. The zero-order valence-electron chi connectivity index (χ0n) is 14.7. The van der Waals surface area contributed by atoms with Crippen molar-refractivity contribution >= 4 is 22.4 Å². The van der Waals surface area contributed by atoms with Crippen molar-refractivity contribution in [2.45, 2.75) is 33.2 Å². The first-order valence-electron chi connectivity index (χ1n) is 8.71. The summed E-state index contributed by atoms with van der Waals surface area (Å²) in [6.07, 6.45) is 4.10. The van der Waals surface area contributed by atoms with E-state index in [1.54, 1.807) is 18.3 Å². The van der Waals surface area contributed by atoms with E-state index in [1.165, 1.54) is 24.2 Å². The Labute approximate surface area is 152 Å². The van der Waals surface area contributed by atoms with E-state index in [4.69, 9.17) is 4.74 Å². The molecule has 3 rings (SSSR count). The summed E-state index contributed by atoms with van der Waals surface area (Å²) in [6, 6.07) is 3.43. The number of aromatic nitrogens is 2. The Hall–Kier alpha value is -1.99. The first-order valence-corrected chi connectivity index (χ1v) is 9.59. The number of hydrogen-bond donors (Lipinski definition) is 1. The van der Waals surface area contributed by atoms with Crippen LogP contribution in [0.1, 0.15) is 42.7 Å². The monoisotopic (exact) mass is 360 g/mol. The van der Waals surface area contributed by atoms with Crippen LogP contribution in [-0.2, 0) is 6.54 Å². The minimum absolute atomic E-state index is 0.246. The average Bonchev–Trinajstić information content (AvgIpc) is 3.04. The minimum Gasteiger partial charge on any atom is -0.477 e. The van der Waals surface area contributed by atoms with Gasteiger partial charge in [0.05, 0.1) is 12.3 Å². The molecule has 134 valence electrons. The van der Waals surface area contributed by atoms with Crippen LogP contribution in [0.2, 0.25) is 0 Å². The predicted octanol–water partition coefficient (Wildman–Crippen LogP) is 3.42. The maximum absolute atomic E-state index is 12.5. The Morgan fingerprint density at radius 3 is 3.00 bits per heavy atom. The summed E-state index contributed by atoms with van der Waals surface area (Å²) in [4.78, 5) is 23.6. The molecule has 0 atom stereocenters. The highest BCUT2D eigenvalue weighted by Gasteiger charge is 2.18. The van der Waals surface area contributed by atoms with Crippen molar-refractivity contribution in [3.8, 4) is 5.88 Å². The number of ether oxygens (including phenoxy) is 1. The van der Waals surface area contributed by atoms with Crippen LogP contribution in [0.15, 0.2) is 23.7 Å². The zero-order chi connectivity index (χ0) is 17.6. The summed E-state index contributed by atoms with van der Waals surface area (Å²) in [6.45, 7) is 7.72. The predicted molar refractivity (Wildman–Crippen MR) is 99.1 cm³/mol. The van der Waals surface area contributed by atoms with Crippen molar-refractivity contribution in [3.63, 3.8) is 0 Å². The van der Waals surface area contributed by atoms with Gasteiger partial charge in [0.1, 0.15) is 5.56 Å². The fourth-order valence-corrected chi connectivity index (χ4v) is 3.56. The second kappa shape index (κ2) is 8.40. The number of carbonyl (C=O) groups is 1. The van der Waals surface area contributed by atoms with Gasteiger partial charge >= 0.3 is 0 Å². The molecule has 0 spiro atoms. The third-order valence-electron chi connectivity index (χ3n) is 4.33. The molecule has 0 radical (unpaired) electrons. The van der Waals surface area contributed by atoms with Gasteiger partial charge in [0.2, 0.25) is 5.88 Å². The van der Waals surface area contributed by atoms with Gasteiger partial charge in [-0.2, -0.15) is 0 Å². The van der Waals surface area contributed by atoms with Gasteiger partial charge in [-0.15, -0.1) is 11.3 Å². The van der Waals surface area contributed by atoms with Crippen molar-refractivity contribution < 1.29 is 9.53 Å². The lowest BCUT2D eigenvalue weighted by atomic mass is 9.99. The second-order valence-electron chi connectivity index (χ2n) is 6.35. The molecular formula is C18H24N4O2S. The molecule has 1 N–H and O–H groups in total. The van der Waals surface area contributed by atoms with Gasteiger partial charge in [0.15, 0.2) is 5.13 Å². The van der Waals surface area contributed by atoms with Crippen molar-refractivity contribution in [1.82, 2.24) is 14.9 Å². The van der Waals surface area contributed by atoms with Crippen LogP contribution in [0.5, 0.6) is 5.88 Å². The van der Waals surface area contributed by atoms with Crippen LogP contribution in [0.3, 0.4) is 0 Å². The minimum atomic E-state index is -0.246. The molecule has 1 aliphatic heterocycles. The number of anilines is 1. The van der Waals surface area contributed by atoms with Crippen LogP contribution in [0.4, 0.5) is 5.13 Å². The fraction of sp³-hybridized carbons (Fsp3) is 0.500. The smallest absolute Gasteiger partial charge is 0.262 e. The molecule has 0 unspecified atom stereocenters. The van der Waals surface area contributed by atoms with Crippen LogP contribution in [0.25, 0.3) is 0 Å². The number of likely N-dealkylation sites (tertiary alicyclic amines) is 1. The van der Waals surface area contributed by atoms with Crippen molar-refractivity contribution in [2.24, 2.45) is 5.92 Å². The van der Waals surface area contributed by atoms with Gasteiger partial charge in [-0.3, -0.25) is 15.0 Å². The number of amides is 1. The van der Waals surface area contributed by atoms with Gasteiger partial charge in [-0.05, 0) is 50.9 Å². The number of nitrogens with zero attached hydrogens (tertiary/aromatic N) is 3. The molecule has 1 saturated heterocycles. The number of carbonyl (C=O) groups excluding carboxylic acids is 1. The third-order valence-corrected chi connectivity index (χ3v) is 5.14. The summed E-state index contributed by atoms with van der Waals surface area (Å²) >= 11 is 1.45. The summed E-state index contributed by atoms with van der Waals surface area (Å²) in [5.41, 5.74) is 1.43. The van der Waals surface area contributed by atoms with Gasteiger partial charge in [-0.1, -0.05) is 6.92 Å². The number of thiazole rings is 1. The molecule has 0 aliphatic carbocycles. The van der Waals surface area contributed by atoms with Crippen molar-refractivity contribution in [1.29, 1.82) is 0 Å². The molecule has 0 aromatic carbocycles. The van der Waals surface area contributed by atoms with Crippen LogP contribution < -0.4 is 10.1 Å². The summed E-state index contributed by atoms with van der Waals surface area (Å²) in [7, 11) is 0. The van der Waals surface area contributed by atoms with Gasteiger partial charge in [0, 0.05) is 18.1 Å². The van der Waals surface area contributed by atoms with E-state index in [-0.39, 0.29) is 5.91 Å². The Morgan fingerprint density at radius 2 is 2.24 bits per heavy atom. The summed E-state index contributed by atoms with van der Waals surface area (Å²) < 4.78 is 5.41. The lowest BCUT2D eigenvalue weighted by Crippen LogP contribution is -2.32. The van der Waals surface area contributed by atoms with E-state index >= 15 is 0 Å². The number of hydrogen-bond acceptors (Lipinski definition) is 6. The van der Waals surface area contributed by atoms with Gasteiger partial charge in [0.25, 0.3) is 5.91 Å². The lowest BCUT2D eigenvalue weighted by molar-refractivity contribution is 0.102. The fourth-order valence-electron chi connectivity index (χ4n) is 2.87. The Balaban J connectivity index is 1.60. The summed E-state index contributed by atoms with van der Waals surface area (Å²) in [5.74, 6) is 0.923. The number of pyridine rings is 1. The topological polar surface area (TPSA) is 67.3 Å². The van der Waals surface area contributed by atoms with Crippen LogP contribution >= 0.6 is 11.3 Å². The molecule has 3 heterocycles. The molecule has 2 aromatic rings. The number of piperidine rings is 1. The molecule has 2 aromatic heterocycles. The van der Waals surface area contributed by atoms with E-state index < -0.39 is 0 Å². The highest BCUT2D eigenvalue weighted by atomic mass is 32.1. The Kier molecular flexibility index (Phi) is 5.99. The van der Waals surface area contributed by atoms with Crippen LogP contribution in [-0.4, -0.2) is 40.5 Å². The molecule has 0 saturated carbocycles.